The standard InChI is InChI=1S/C13H16BrNO3S/c14-8-12(10-4-2-1-3-5-10)15-13(16)11-6-7-19(17,18)9-11/h1-5,11-12H,6-9H2,(H,15,16). The highest BCUT2D eigenvalue weighted by molar-refractivity contribution is 9.09. The van der Waals surface area contributed by atoms with Crippen LogP contribution in [0.1, 0.15) is 18.0 Å². The predicted octanol–water partition coefficient (Wildman–Crippen LogP) is 1.67. The fraction of sp³-hybridized carbons (Fsp3) is 0.462. The first kappa shape index (κ1) is 14.5. The molecule has 4 nitrogen and oxygen atoms in total. The third-order valence-corrected chi connectivity index (χ3v) is 5.69. The van der Waals surface area contributed by atoms with Crippen molar-refractivity contribution in [3.63, 3.8) is 0 Å². The van der Waals surface area contributed by atoms with Crippen molar-refractivity contribution in [1.82, 2.24) is 5.32 Å². The number of nitrogens with one attached hydrogen (secondary N) is 1. The molecular weight excluding hydrogens is 330 g/mol. The van der Waals surface area contributed by atoms with Crippen molar-refractivity contribution in [2.45, 2.75) is 12.5 Å². The number of benzene rings is 1. The van der Waals surface area contributed by atoms with Gasteiger partial charge in [-0.1, -0.05) is 46.3 Å². The lowest BCUT2D eigenvalue weighted by atomic mass is 10.1. The van der Waals surface area contributed by atoms with Gasteiger partial charge in [0.1, 0.15) is 0 Å². The lowest BCUT2D eigenvalue weighted by Gasteiger charge is -2.18. The molecule has 6 heteroatoms. The number of hydrogen-bond donors (Lipinski definition) is 1. The molecule has 1 aromatic rings. The van der Waals surface area contributed by atoms with Crippen LogP contribution in [0, 0.1) is 5.92 Å². The molecule has 1 saturated heterocycles. The maximum absolute atomic E-state index is 12.1. The van der Waals surface area contributed by atoms with Crippen molar-refractivity contribution in [2.24, 2.45) is 5.92 Å². The van der Waals surface area contributed by atoms with Gasteiger partial charge in [-0.3, -0.25) is 4.79 Å². The summed E-state index contributed by atoms with van der Waals surface area (Å²) in [7, 11) is -3.02. The molecule has 1 aromatic carbocycles. The van der Waals surface area contributed by atoms with Gasteiger partial charge in [-0.2, -0.15) is 0 Å². The van der Waals surface area contributed by atoms with Crippen molar-refractivity contribution < 1.29 is 13.2 Å². The molecule has 0 spiro atoms. The summed E-state index contributed by atoms with van der Waals surface area (Å²) in [5, 5.41) is 3.51. The van der Waals surface area contributed by atoms with E-state index >= 15 is 0 Å². The van der Waals surface area contributed by atoms with Gasteiger partial charge in [0.05, 0.1) is 23.5 Å². The van der Waals surface area contributed by atoms with Crippen LogP contribution in [0.4, 0.5) is 0 Å². The molecule has 2 atom stereocenters. The summed E-state index contributed by atoms with van der Waals surface area (Å²) in [5.41, 5.74) is 1.01. The molecule has 1 aliphatic heterocycles. The zero-order chi connectivity index (χ0) is 13.9. The Morgan fingerprint density at radius 2 is 2.05 bits per heavy atom. The van der Waals surface area contributed by atoms with Gasteiger partial charge in [0, 0.05) is 5.33 Å². The van der Waals surface area contributed by atoms with Crippen LogP contribution in [0.25, 0.3) is 0 Å². The smallest absolute Gasteiger partial charge is 0.224 e. The SMILES string of the molecule is O=C(NC(CBr)c1ccccc1)C1CCS(=O)(=O)C1. The zero-order valence-corrected chi connectivity index (χ0v) is 12.8. The Labute approximate surface area is 121 Å². The van der Waals surface area contributed by atoms with Crippen LogP contribution in [-0.2, 0) is 14.6 Å². The van der Waals surface area contributed by atoms with Gasteiger partial charge in [-0.15, -0.1) is 0 Å². The Kier molecular flexibility index (Phi) is 4.62. The van der Waals surface area contributed by atoms with E-state index in [9.17, 15) is 13.2 Å². The number of amides is 1. The number of carbonyl (C=O) groups excluding carboxylic acids is 1. The minimum Gasteiger partial charge on any atom is -0.348 e. The second-order valence-corrected chi connectivity index (χ2v) is 7.60. The van der Waals surface area contributed by atoms with Gasteiger partial charge in [0.25, 0.3) is 0 Å². The Morgan fingerprint density at radius 3 is 2.58 bits per heavy atom. The molecule has 19 heavy (non-hydrogen) atoms. The van der Waals surface area contributed by atoms with Gasteiger partial charge in [0.2, 0.25) is 5.91 Å². The largest absolute Gasteiger partial charge is 0.348 e. The van der Waals surface area contributed by atoms with E-state index < -0.39 is 15.8 Å². The van der Waals surface area contributed by atoms with E-state index in [0.29, 0.717) is 11.8 Å². The first-order valence-electron chi connectivity index (χ1n) is 6.13. The fourth-order valence-electron chi connectivity index (χ4n) is 2.19. The second-order valence-electron chi connectivity index (χ2n) is 4.73. The van der Waals surface area contributed by atoms with Crippen molar-refractivity contribution in [2.75, 3.05) is 16.8 Å². The fourth-order valence-corrected chi connectivity index (χ4v) is 4.46. The van der Waals surface area contributed by atoms with Crippen LogP contribution in [0.3, 0.4) is 0 Å². The molecule has 1 N–H and O–H groups in total. The van der Waals surface area contributed by atoms with Crippen LogP contribution in [0.5, 0.6) is 0 Å². The van der Waals surface area contributed by atoms with Crippen molar-refractivity contribution in [1.29, 1.82) is 0 Å². The average molecular weight is 346 g/mol. The van der Waals surface area contributed by atoms with Crippen LogP contribution in [-0.4, -0.2) is 31.2 Å². The van der Waals surface area contributed by atoms with Crippen molar-refractivity contribution in [3.8, 4) is 0 Å². The summed E-state index contributed by atoms with van der Waals surface area (Å²) < 4.78 is 22.8. The molecule has 2 rings (SSSR count). The average Bonchev–Trinajstić information content (AvgIpc) is 2.77. The number of sulfone groups is 1. The minimum absolute atomic E-state index is 0.0252. The molecule has 0 aromatic heterocycles. The summed E-state index contributed by atoms with van der Waals surface area (Å²) in [6.07, 6.45) is 0.429. The molecule has 0 saturated carbocycles. The number of carbonyl (C=O) groups is 1. The van der Waals surface area contributed by atoms with E-state index in [4.69, 9.17) is 0 Å². The Balaban J connectivity index is 2.02. The number of hydrogen-bond acceptors (Lipinski definition) is 3. The van der Waals surface area contributed by atoms with E-state index in [-0.39, 0.29) is 23.5 Å². The summed E-state index contributed by atoms with van der Waals surface area (Å²) in [5.74, 6) is -0.484. The van der Waals surface area contributed by atoms with E-state index in [0.717, 1.165) is 5.56 Å². The summed E-state index contributed by atoms with van der Waals surface area (Å²) in [6, 6.07) is 9.50. The van der Waals surface area contributed by atoms with Crippen molar-refractivity contribution in [3.05, 3.63) is 35.9 Å². The molecule has 1 fully saturated rings. The highest BCUT2D eigenvalue weighted by atomic mass is 79.9. The summed E-state index contributed by atoms with van der Waals surface area (Å²) in [4.78, 5) is 12.1. The summed E-state index contributed by atoms with van der Waals surface area (Å²) >= 11 is 3.38. The van der Waals surface area contributed by atoms with Gasteiger partial charge in [-0.25, -0.2) is 8.42 Å². The minimum atomic E-state index is -3.02. The maximum Gasteiger partial charge on any atom is 0.224 e. The number of halogens is 1. The molecule has 1 heterocycles. The first-order valence-corrected chi connectivity index (χ1v) is 9.08. The van der Waals surface area contributed by atoms with Gasteiger partial charge < -0.3 is 5.32 Å². The highest BCUT2D eigenvalue weighted by Crippen LogP contribution is 2.21. The monoisotopic (exact) mass is 345 g/mol. The Bertz CT molecular complexity index is 544. The molecule has 0 bridgehead atoms. The van der Waals surface area contributed by atoms with E-state index in [1.165, 1.54) is 0 Å². The van der Waals surface area contributed by atoms with E-state index in [1.807, 2.05) is 30.3 Å². The number of rotatable bonds is 4. The quantitative estimate of drug-likeness (QED) is 0.844. The first-order chi connectivity index (χ1) is 9.02. The molecule has 0 radical (unpaired) electrons. The highest BCUT2D eigenvalue weighted by Gasteiger charge is 2.33. The lowest BCUT2D eigenvalue weighted by molar-refractivity contribution is -0.124. The molecule has 104 valence electrons. The zero-order valence-electron chi connectivity index (χ0n) is 10.4. The third-order valence-electron chi connectivity index (χ3n) is 3.28. The lowest BCUT2D eigenvalue weighted by Crippen LogP contribution is -2.35. The molecule has 0 aliphatic carbocycles. The van der Waals surface area contributed by atoms with Gasteiger partial charge >= 0.3 is 0 Å². The van der Waals surface area contributed by atoms with E-state index in [2.05, 4.69) is 21.2 Å². The second kappa shape index (κ2) is 6.05. The van der Waals surface area contributed by atoms with Crippen molar-refractivity contribution >= 4 is 31.7 Å². The predicted molar refractivity (Wildman–Crippen MR) is 77.9 cm³/mol. The van der Waals surface area contributed by atoms with Crippen LogP contribution >= 0.6 is 15.9 Å². The molecule has 2 unspecified atom stereocenters. The number of alkyl halides is 1. The van der Waals surface area contributed by atoms with Gasteiger partial charge in [-0.05, 0) is 12.0 Å². The van der Waals surface area contributed by atoms with Crippen LogP contribution < -0.4 is 5.32 Å². The van der Waals surface area contributed by atoms with E-state index in [1.54, 1.807) is 0 Å². The van der Waals surface area contributed by atoms with Gasteiger partial charge in [0.15, 0.2) is 9.84 Å². The molecular formula is C13H16BrNO3S. The topological polar surface area (TPSA) is 63.2 Å². The maximum atomic E-state index is 12.1. The Morgan fingerprint density at radius 1 is 1.37 bits per heavy atom. The molecule has 1 aliphatic rings. The van der Waals surface area contributed by atoms with Crippen LogP contribution in [0.15, 0.2) is 30.3 Å². The normalized spacial score (nSPS) is 22.9. The third kappa shape index (κ3) is 3.79. The Hall–Kier alpha value is -0.880. The van der Waals surface area contributed by atoms with Crippen LogP contribution in [0.2, 0.25) is 0 Å². The summed E-state index contributed by atoms with van der Waals surface area (Å²) in [6.45, 7) is 0. The molecule has 1 amide bonds.